The monoisotopic (exact) mass is 263 g/mol. The summed E-state index contributed by atoms with van der Waals surface area (Å²) in [5, 5.41) is 10.8. The number of hydrogen-bond acceptors (Lipinski definition) is 2. The van der Waals surface area contributed by atoms with Crippen molar-refractivity contribution in [2.75, 3.05) is 19.6 Å². The molecule has 19 heavy (non-hydrogen) atoms. The average Bonchev–Trinajstić information content (AvgIpc) is 2.70. The van der Waals surface area contributed by atoms with Crippen LogP contribution in [0.1, 0.15) is 24.7 Å². The summed E-state index contributed by atoms with van der Waals surface area (Å²) in [6.07, 6.45) is 2.80. The largest absolute Gasteiger partial charge is 0.357 e. The summed E-state index contributed by atoms with van der Waals surface area (Å²) < 4.78 is 2.04. The van der Waals surface area contributed by atoms with Gasteiger partial charge in [-0.15, -0.1) is 6.58 Å². The lowest BCUT2D eigenvalue weighted by molar-refractivity contribution is 0.567. The van der Waals surface area contributed by atoms with Crippen molar-refractivity contribution < 1.29 is 0 Å². The van der Waals surface area contributed by atoms with Gasteiger partial charge in [-0.25, -0.2) is 0 Å². The van der Waals surface area contributed by atoms with Gasteiger partial charge in [0.1, 0.15) is 0 Å². The molecule has 0 aliphatic rings. The van der Waals surface area contributed by atoms with Gasteiger partial charge < -0.3 is 10.6 Å². The number of aryl methyl sites for hydroxylation is 3. The van der Waals surface area contributed by atoms with Crippen LogP contribution in [-0.4, -0.2) is 35.4 Å². The first-order chi connectivity index (χ1) is 9.17. The van der Waals surface area contributed by atoms with Crippen LogP contribution in [0.3, 0.4) is 0 Å². The summed E-state index contributed by atoms with van der Waals surface area (Å²) in [6, 6.07) is 2.10. The highest BCUT2D eigenvalue weighted by atomic mass is 15.3. The third-order valence-corrected chi connectivity index (χ3v) is 2.66. The van der Waals surface area contributed by atoms with Crippen LogP contribution >= 0.6 is 0 Å². The van der Waals surface area contributed by atoms with Gasteiger partial charge >= 0.3 is 0 Å². The van der Waals surface area contributed by atoms with E-state index in [0.717, 1.165) is 44.3 Å². The van der Waals surface area contributed by atoms with Crippen molar-refractivity contribution in [2.45, 2.75) is 33.7 Å². The minimum absolute atomic E-state index is 0.725. The second-order valence-corrected chi connectivity index (χ2v) is 4.43. The topological polar surface area (TPSA) is 54.2 Å². The Bertz CT molecular complexity index is 419. The average molecular weight is 263 g/mol. The molecule has 0 unspecified atom stereocenters. The van der Waals surface area contributed by atoms with E-state index < -0.39 is 0 Å². The third kappa shape index (κ3) is 5.59. The number of rotatable bonds is 7. The normalized spacial score (nSPS) is 11.4. The Labute approximate surface area is 115 Å². The first-order valence-electron chi connectivity index (χ1n) is 6.81. The van der Waals surface area contributed by atoms with E-state index in [1.54, 1.807) is 0 Å². The summed E-state index contributed by atoms with van der Waals surface area (Å²) in [5.41, 5.74) is 2.28. The second-order valence-electron chi connectivity index (χ2n) is 4.43. The van der Waals surface area contributed by atoms with Crippen molar-refractivity contribution in [3.05, 3.63) is 30.1 Å². The highest BCUT2D eigenvalue weighted by Crippen LogP contribution is 2.02. The standard InChI is InChI=1S/C14H25N5/c1-5-8-16-14(15-6-2)17-9-7-10-19-13(4)11-12(3)18-19/h5,11H,1,6-10H2,2-4H3,(H2,15,16,17). The lowest BCUT2D eigenvalue weighted by Gasteiger charge is -2.09. The third-order valence-electron chi connectivity index (χ3n) is 2.66. The number of nitrogens with one attached hydrogen (secondary N) is 2. The molecule has 0 saturated carbocycles. The van der Waals surface area contributed by atoms with Crippen molar-refractivity contribution in [3.8, 4) is 0 Å². The van der Waals surface area contributed by atoms with Crippen LogP contribution in [0.15, 0.2) is 23.7 Å². The number of hydrogen-bond donors (Lipinski definition) is 2. The summed E-state index contributed by atoms with van der Waals surface area (Å²) in [6.45, 7) is 13.1. The van der Waals surface area contributed by atoms with Crippen LogP contribution in [-0.2, 0) is 6.54 Å². The van der Waals surface area contributed by atoms with E-state index in [1.165, 1.54) is 5.69 Å². The van der Waals surface area contributed by atoms with Crippen molar-refractivity contribution >= 4 is 5.96 Å². The predicted octanol–water partition coefficient (Wildman–Crippen LogP) is 1.63. The molecule has 0 bridgehead atoms. The molecule has 0 radical (unpaired) electrons. The molecule has 0 aliphatic heterocycles. The molecule has 0 atom stereocenters. The van der Waals surface area contributed by atoms with E-state index in [9.17, 15) is 0 Å². The van der Waals surface area contributed by atoms with Gasteiger partial charge in [0, 0.05) is 31.9 Å². The smallest absolute Gasteiger partial charge is 0.191 e. The molecule has 0 spiro atoms. The molecule has 1 aromatic rings. The Morgan fingerprint density at radius 2 is 2.26 bits per heavy atom. The predicted molar refractivity (Wildman–Crippen MR) is 80.5 cm³/mol. The van der Waals surface area contributed by atoms with Crippen LogP contribution in [0.25, 0.3) is 0 Å². The summed E-state index contributed by atoms with van der Waals surface area (Å²) in [4.78, 5) is 4.51. The van der Waals surface area contributed by atoms with E-state index in [0.29, 0.717) is 0 Å². The Morgan fingerprint density at radius 1 is 1.47 bits per heavy atom. The van der Waals surface area contributed by atoms with Gasteiger partial charge in [-0.05, 0) is 33.3 Å². The highest BCUT2D eigenvalue weighted by Gasteiger charge is 2.00. The van der Waals surface area contributed by atoms with Crippen LogP contribution in [0.2, 0.25) is 0 Å². The maximum Gasteiger partial charge on any atom is 0.191 e. The Hall–Kier alpha value is -1.78. The van der Waals surface area contributed by atoms with Gasteiger partial charge in [0.15, 0.2) is 5.96 Å². The first kappa shape index (κ1) is 15.3. The lowest BCUT2D eigenvalue weighted by atomic mass is 10.4. The van der Waals surface area contributed by atoms with Gasteiger partial charge in [-0.2, -0.15) is 5.10 Å². The Balaban J connectivity index is 2.37. The van der Waals surface area contributed by atoms with E-state index in [1.807, 2.05) is 17.7 Å². The van der Waals surface area contributed by atoms with Crippen molar-refractivity contribution in [2.24, 2.45) is 4.99 Å². The number of aliphatic imine (C=N–C) groups is 1. The fraction of sp³-hybridized carbons (Fsp3) is 0.571. The summed E-state index contributed by atoms with van der Waals surface area (Å²) in [7, 11) is 0. The minimum atomic E-state index is 0.725. The van der Waals surface area contributed by atoms with Gasteiger partial charge in [-0.1, -0.05) is 6.08 Å². The molecule has 5 nitrogen and oxygen atoms in total. The molecule has 1 aromatic heterocycles. The Morgan fingerprint density at radius 3 is 2.84 bits per heavy atom. The number of aromatic nitrogens is 2. The van der Waals surface area contributed by atoms with Crippen molar-refractivity contribution in [1.29, 1.82) is 0 Å². The maximum absolute atomic E-state index is 4.51. The van der Waals surface area contributed by atoms with Gasteiger partial charge in [0.05, 0.1) is 5.69 Å². The van der Waals surface area contributed by atoms with Crippen LogP contribution < -0.4 is 10.6 Å². The fourth-order valence-corrected chi connectivity index (χ4v) is 1.82. The molecular formula is C14H25N5. The second kappa shape index (κ2) is 8.34. The van der Waals surface area contributed by atoms with Gasteiger partial charge in [0.25, 0.3) is 0 Å². The summed E-state index contributed by atoms with van der Waals surface area (Å²) in [5.74, 6) is 0.843. The van der Waals surface area contributed by atoms with E-state index >= 15 is 0 Å². The molecule has 0 saturated heterocycles. The number of nitrogens with zero attached hydrogens (tertiary/aromatic N) is 3. The zero-order chi connectivity index (χ0) is 14.1. The zero-order valence-corrected chi connectivity index (χ0v) is 12.2. The van der Waals surface area contributed by atoms with E-state index in [-0.39, 0.29) is 0 Å². The number of guanidine groups is 1. The molecule has 0 fully saturated rings. The van der Waals surface area contributed by atoms with Gasteiger partial charge in [0.2, 0.25) is 0 Å². The fourth-order valence-electron chi connectivity index (χ4n) is 1.82. The molecule has 0 amide bonds. The summed E-state index contributed by atoms with van der Waals surface area (Å²) >= 11 is 0. The molecule has 106 valence electrons. The molecule has 0 aromatic carbocycles. The molecule has 1 heterocycles. The highest BCUT2D eigenvalue weighted by molar-refractivity contribution is 5.79. The first-order valence-corrected chi connectivity index (χ1v) is 6.81. The molecule has 5 heteroatoms. The lowest BCUT2D eigenvalue weighted by Crippen LogP contribution is -2.37. The van der Waals surface area contributed by atoms with Crippen LogP contribution in [0.4, 0.5) is 0 Å². The van der Waals surface area contributed by atoms with E-state index in [2.05, 4.69) is 47.2 Å². The molecular weight excluding hydrogens is 238 g/mol. The van der Waals surface area contributed by atoms with Crippen molar-refractivity contribution in [3.63, 3.8) is 0 Å². The quantitative estimate of drug-likeness (QED) is 0.340. The van der Waals surface area contributed by atoms with Gasteiger partial charge in [-0.3, -0.25) is 9.67 Å². The van der Waals surface area contributed by atoms with Crippen LogP contribution in [0.5, 0.6) is 0 Å². The van der Waals surface area contributed by atoms with E-state index in [4.69, 9.17) is 0 Å². The molecule has 2 N–H and O–H groups in total. The zero-order valence-electron chi connectivity index (χ0n) is 12.2. The maximum atomic E-state index is 4.51. The SMILES string of the molecule is C=CCNC(=NCCCn1nc(C)cc1C)NCC. The Kier molecular flexibility index (Phi) is 6.71. The minimum Gasteiger partial charge on any atom is -0.357 e. The molecule has 0 aliphatic carbocycles. The molecule has 1 rings (SSSR count). The van der Waals surface area contributed by atoms with Crippen molar-refractivity contribution in [1.82, 2.24) is 20.4 Å². The van der Waals surface area contributed by atoms with Crippen LogP contribution in [0, 0.1) is 13.8 Å².